The molecule has 1 aliphatic rings. The lowest BCUT2D eigenvalue weighted by Crippen LogP contribution is -2.28. The van der Waals surface area contributed by atoms with E-state index in [1.807, 2.05) is 38.1 Å². The first kappa shape index (κ1) is 22.1. The van der Waals surface area contributed by atoms with E-state index in [0.717, 1.165) is 11.4 Å². The van der Waals surface area contributed by atoms with E-state index < -0.39 is 0 Å². The van der Waals surface area contributed by atoms with Crippen LogP contribution in [0.5, 0.6) is 17.2 Å². The number of hydrogen-bond donors (Lipinski definition) is 0. The highest BCUT2D eigenvalue weighted by Crippen LogP contribution is 2.38. The lowest BCUT2D eigenvalue weighted by Gasteiger charge is -2.12. The minimum atomic E-state index is -0.113. The fourth-order valence-electron chi connectivity index (χ4n) is 2.89. The summed E-state index contributed by atoms with van der Waals surface area (Å²) in [5.41, 5.74) is 1.42. The van der Waals surface area contributed by atoms with Crippen LogP contribution in [0.25, 0.3) is 6.08 Å². The van der Waals surface area contributed by atoms with Crippen LogP contribution in [-0.2, 0) is 4.79 Å². The first-order valence-corrected chi connectivity index (χ1v) is 10.6. The number of carbonyl (C=O) groups is 1. The fourth-order valence-corrected chi connectivity index (χ4v) is 4.15. The van der Waals surface area contributed by atoms with Crippen LogP contribution in [0.1, 0.15) is 19.4 Å². The number of amides is 1. The molecule has 0 spiro atoms. The normalized spacial score (nSPS) is 16.4. The Morgan fingerprint density at radius 3 is 2.37 bits per heavy atom. The largest absolute Gasteiger partial charge is 0.494 e. The molecule has 30 heavy (non-hydrogen) atoms. The van der Waals surface area contributed by atoms with Gasteiger partial charge in [0.15, 0.2) is 16.7 Å². The second kappa shape index (κ2) is 9.91. The molecule has 1 heterocycles. The van der Waals surface area contributed by atoms with Gasteiger partial charge in [-0.2, -0.15) is 0 Å². The highest BCUT2D eigenvalue weighted by atomic mass is 35.5. The quantitative estimate of drug-likeness (QED) is 0.534. The summed E-state index contributed by atoms with van der Waals surface area (Å²) >= 11 is 7.70. The van der Waals surface area contributed by atoms with Crippen LogP contribution in [0.4, 0.5) is 5.69 Å². The number of hydrogen-bond acceptors (Lipinski definition) is 6. The summed E-state index contributed by atoms with van der Waals surface area (Å²) in [6.07, 6.45) is 1.75. The minimum absolute atomic E-state index is 0.113. The Morgan fingerprint density at radius 1 is 1.10 bits per heavy atom. The summed E-state index contributed by atoms with van der Waals surface area (Å²) < 4.78 is 16.1. The number of likely N-dealkylation sites (N-methyl/N-ethyl adjacent to an activating group) is 1. The van der Waals surface area contributed by atoms with Crippen LogP contribution < -0.4 is 14.2 Å². The molecule has 0 radical (unpaired) electrons. The summed E-state index contributed by atoms with van der Waals surface area (Å²) in [4.78, 5) is 19.7. The Bertz CT molecular complexity index is 989. The summed E-state index contributed by atoms with van der Waals surface area (Å²) in [7, 11) is 3.10. The predicted octanol–water partition coefficient (Wildman–Crippen LogP) is 5.38. The number of nitrogens with zero attached hydrogens (tertiary/aromatic N) is 2. The van der Waals surface area contributed by atoms with Gasteiger partial charge in [-0.05, 0) is 67.6 Å². The molecule has 158 valence electrons. The molecule has 3 rings (SSSR count). The second-order valence-electron chi connectivity index (χ2n) is 6.21. The number of halogens is 1. The van der Waals surface area contributed by atoms with Crippen LogP contribution in [0.15, 0.2) is 46.3 Å². The highest BCUT2D eigenvalue weighted by Gasteiger charge is 2.32. The van der Waals surface area contributed by atoms with Gasteiger partial charge < -0.3 is 14.2 Å². The number of aliphatic imine (C=N–C) groups is 1. The lowest BCUT2D eigenvalue weighted by atomic mass is 10.1. The van der Waals surface area contributed by atoms with Crippen molar-refractivity contribution < 1.29 is 19.0 Å². The number of ether oxygens (including phenoxy) is 3. The summed E-state index contributed by atoms with van der Waals surface area (Å²) in [6, 6.07) is 10.9. The van der Waals surface area contributed by atoms with Gasteiger partial charge in [0.25, 0.3) is 5.91 Å². The zero-order valence-corrected chi connectivity index (χ0v) is 18.8. The molecule has 8 heteroatoms. The number of carbonyl (C=O) groups excluding carboxylic acids is 1. The second-order valence-corrected chi connectivity index (χ2v) is 7.63. The molecule has 1 fully saturated rings. The molecule has 0 N–H and O–H groups in total. The van der Waals surface area contributed by atoms with Crippen molar-refractivity contribution in [3.8, 4) is 17.2 Å². The van der Waals surface area contributed by atoms with Crippen LogP contribution in [0.2, 0.25) is 5.02 Å². The van der Waals surface area contributed by atoms with Crippen LogP contribution in [0.3, 0.4) is 0 Å². The molecule has 2 aromatic rings. The first-order valence-electron chi connectivity index (χ1n) is 9.45. The number of thioether (sulfide) groups is 1. The molecule has 1 saturated heterocycles. The number of rotatable bonds is 7. The third kappa shape index (κ3) is 4.74. The molecular weight excluding hydrogens is 424 g/mol. The van der Waals surface area contributed by atoms with Crippen molar-refractivity contribution in [1.29, 1.82) is 0 Å². The third-order valence-electron chi connectivity index (χ3n) is 4.37. The highest BCUT2D eigenvalue weighted by molar-refractivity contribution is 8.18. The Kier molecular flexibility index (Phi) is 7.29. The zero-order valence-electron chi connectivity index (χ0n) is 17.3. The monoisotopic (exact) mass is 446 g/mol. The van der Waals surface area contributed by atoms with Gasteiger partial charge in [0.2, 0.25) is 0 Å². The van der Waals surface area contributed by atoms with E-state index in [4.69, 9.17) is 25.8 Å². The van der Waals surface area contributed by atoms with Crippen LogP contribution in [0, 0.1) is 0 Å². The molecule has 1 aliphatic heterocycles. The summed E-state index contributed by atoms with van der Waals surface area (Å²) in [5, 5.41) is 1.09. The number of methoxy groups -OCH3 is 2. The maximum Gasteiger partial charge on any atom is 0.266 e. The van der Waals surface area contributed by atoms with E-state index in [2.05, 4.69) is 4.99 Å². The van der Waals surface area contributed by atoms with E-state index >= 15 is 0 Å². The Balaban J connectivity index is 1.92. The van der Waals surface area contributed by atoms with Crippen molar-refractivity contribution >= 4 is 46.2 Å². The SMILES string of the molecule is CCOc1ccc(N=C2S/C(=C\c3cc(OC)c(OC)cc3Cl)C(=O)N2CC)cc1. The van der Waals surface area contributed by atoms with Crippen molar-refractivity contribution in [2.24, 2.45) is 4.99 Å². The van der Waals surface area contributed by atoms with Crippen molar-refractivity contribution in [3.05, 3.63) is 51.9 Å². The summed E-state index contributed by atoms with van der Waals surface area (Å²) in [5.74, 6) is 1.74. The Labute approximate surface area is 185 Å². The van der Waals surface area contributed by atoms with Crippen LogP contribution in [-0.4, -0.2) is 43.3 Å². The maximum absolute atomic E-state index is 12.9. The molecule has 0 unspecified atom stereocenters. The molecule has 0 bridgehead atoms. The van der Waals surface area contributed by atoms with Gasteiger partial charge in [-0.3, -0.25) is 9.69 Å². The van der Waals surface area contributed by atoms with Crippen molar-refractivity contribution in [1.82, 2.24) is 4.90 Å². The average Bonchev–Trinajstić information content (AvgIpc) is 3.04. The van der Waals surface area contributed by atoms with Gasteiger partial charge >= 0.3 is 0 Å². The Morgan fingerprint density at radius 2 is 1.77 bits per heavy atom. The van der Waals surface area contributed by atoms with Crippen molar-refractivity contribution in [3.63, 3.8) is 0 Å². The number of benzene rings is 2. The van der Waals surface area contributed by atoms with E-state index in [1.54, 1.807) is 37.3 Å². The van der Waals surface area contributed by atoms with Gasteiger partial charge in [0, 0.05) is 12.6 Å². The summed E-state index contributed by atoms with van der Waals surface area (Å²) in [6.45, 7) is 4.97. The number of amidine groups is 1. The lowest BCUT2D eigenvalue weighted by molar-refractivity contribution is -0.122. The van der Waals surface area contributed by atoms with Gasteiger partial charge in [0.1, 0.15) is 5.75 Å². The third-order valence-corrected chi connectivity index (χ3v) is 5.70. The van der Waals surface area contributed by atoms with Crippen molar-refractivity contribution in [2.75, 3.05) is 27.4 Å². The maximum atomic E-state index is 12.9. The molecule has 0 atom stereocenters. The van der Waals surface area contributed by atoms with E-state index in [1.165, 1.54) is 11.8 Å². The molecule has 0 saturated carbocycles. The van der Waals surface area contributed by atoms with E-state index in [-0.39, 0.29) is 5.91 Å². The molecular formula is C22H23ClN2O4S. The molecule has 2 aromatic carbocycles. The van der Waals surface area contributed by atoms with E-state index in [0.29, 0.717) is 45.3 Å². The van der Waals surface area contributed by atoms with Gasteiger partial charge in [-0.15, -0.1) is 0 Å². The zero-order chi connectivity index (χ0) is 21.7. The standard InChI is InChI=1S/C22H23ClN2O4S/c1-5-25-21(26)20(12-14-11-18(27-3)19(28-4)13-17(14)23)30-22(25)24-15-7-9-16(10-8-15)29-6-2/h7-13H,5-6H2,1-4H3/b20-12-,24-22?. The Hall–Kier alpha value is -2.64. The van der Waals surface area contributed by atoms with Gasteiger partial charge in [0.05, 0.1) is 36.4 Å². The smallest absolute Gasteiger partial charge is 0.266 e. The minimum Gasteiger partial charge on any atom is -0.494 e. The molecule has 6 nitrogen and oxygen atoms in total. The predicted molar refractivity (Wildman–Crippen MR) is 122 cm³/mol. The van der Waals surface area contributed by atoms with Crippen LogP contribution >= 0.6 is 23.4 Å². The van der Waals surface area contributed by atoms with Crippen molar-refractivity contribution in [2.45, 2.75) is 13.8 Å². The van der Waals surface area contributed by atoms with Gasteiger partial charge in [-0.1, -0.05) is 11.6 Å². The molecule has 0 aliphatic carbocycles. The fraction of sp³-hybridized carbons (Fsp3) is 0.273. The molecule has 0 aromatic heterocycles. The first-order chi connectivity index (χ1) is 14.5. The van der Waals surface area contributed by atoms with Gasteiger partial charge in [-0.25, -0.2) is 4.99 Å². The van der Waals surface area contributed by atoms with E-state index in [9.17, 15) is 4.79 Å². The average molecular weight is 447 g/mol. The molecule has 1 amide bonds. The topological polar surface area (TPSA) is 60.4 Å².